The van der Waals surface area contributed by atoms with Gasteiger partial charge in [-0.1, -0.05) is 20.8 Å². The number of hydrogen-bond donors (Lipinski definition) is 2. The molecule has 1 amide bonds. The summed E-state index contributed by atoms with van der Waals surface area (Å²) in [6, 6.07) is 7.64. The highest BCUT2D eigenvalue weighted by Gasteiger charge is 2.20. The predicted octanol–water partition coefficient (Wildman–Crippen LogP) is 3.79. The van der Waals surface area contributed by atoms with Gasteiger partial charge in [0.1, 0.15) is 0 Å². The summed E-state index contributed by atoms with van der Waals surface area (Å²) in [6.07, 6.45) is 1.95. The number of nitrogens with one attached hydrogen (secondary N) is 2. The third-order valence-corrected chi connectivity index (χ3v) is 3.29. The number of nitrogens with zero attached hydrogens (tertiary/aromatic N) is 1. The number of H-pyrrole nitrogens is 1. The Morgan fingerprint density at radius 1 is 1.25 bits per heavy atom. The Morgan fingerprint density at radius 3 is 2.35 bits per heavy atom. The second kappa shape index (κ2) is 5.25. The van der Waals surface area contributed by atoms with Crippen LogP contribution >= 0.6 is 12.2 Å². The number of anilines is 1. The Balaban J connectivity index is 2.45. The van der Waals surface area contributed by atoms with E-state index >= 15 is 0 Å². The monoisotopic (exact) mass is 289 g/mol. The zero-order valence-electron chi connectivity index (χ0n) is 12.2. The largest absolute Gasteiger partial charge is 0.337 e. The first-order chi connectivity index (χ1) is 9.29. The topological polar surface area (TPSA) is 49.8 Å². The van der Waals surface area contributed by atoms with Crippen LogP contribution < -0.4 is 5.32 Å². The second-order valence-electron chi connectivity index (χ2n) is 5.79. The third-order valence-electron chi connectivity index (χ3n) is 2.99. The van der Waals surface area contributed by atoms with Gasteiger partial charge >= 0.3 is 0 Å². The fourth-order valence-electron chi connectivity index (χ4n) is 2.07. The third kappa shape index (κ3) is 2.99. The molecule has 0 aliphatic rings. The van der Waals surface area contributed by atoms with E-state index < -0.39 is 0 Å². The molecule has 2 N–H and O–H groups in total. The van der Waals surface area contributed by atoms with Gasteiger partial charge in [-0.05, 0) is 36.5 Å². The lowest BCUT2D eigenvalue weighted by Crippen LogP contribution is -2.16. The van der Waals surface area contributed by atoms with Gasteiger partial charge in [0.2, 0.25) is 5.91 Å². The van der Waals surface area contributed by atoms with E-state index in [1.165, 1.54) is 6.92 Å². The van der Waals surface area contributed by atoms with Crippen molar-refractivity contribution in [3.8, 4) is 5.69 Å². The molecule has 1 aromatic heterocycles. The van der Waals surface area contributed by atoms with Gasteiger partial charge in [0.25, 0.3) is 0 Å². The Hall–Kier alpha value is -1.88. The van der Waals surface area contributed by atoms with Gasteiger partial charge < -0.3 is 10.3 Å². The summed E-state index contributed by atoms with van der Waals surface area (Å²) in [5.74, 6) is -0.0774. The van der Waals surface area contributed by atoms with Crippen LogP contribution in [-0.4, -0.2) is 15.5 Å². The predicted molar refractivity (Wildman–Crippen MR) is 84.0 cm³/mol. The molecule has 2 aromatic rings. The van der Waals surface area contributed by atoms with E-state index in [2.05, 4.69) is 31.1 Å². The molecular formula is C15H19N3OS. The number of imidazole rings is 1. The highest BCUT2D eigenvalue weighted by molar-refractivity contribution is 7.71. The van der Waals surface area contributed by atoms with Gasteiger partial charge in [-0.15, -0.1) is 0 Å². The van der Waals surface area contributed by atoms with Gasteiger partial charge in [-0.2, -0.15) is 0 Å². The highest BCUT2D eigenvalue weighted by atomic mass is 32.1. The van der Waals surface area contributed by atoms with Crippen molar-refractivity contribution >= 4 is 23.8 Å². The van der Waals surface area contributed by atoms with Crippen LogP contribution in [-0.2, 0) is 10.2 Å². The van der Waals surface area contributed by atoms with E-state index in [1.54, 1.807) is 0 Å². The number of aromatic amines is 1. The van der Waals surface area contributed by atoms with Crippen LogP contribution in [0.25, 0.3) is 5.69 Å². The van der Waals surface area contributed by atoms with Crippen LogP contribution in [0.15, 0.2) is 30.5 Å². The molecule has 1 heterocycles. The average molecular weight is 289 g/mol. The maximum absolute atomic E-state index is 11.0. The molecule has 0 spiro atoms. The summed E-state index contributed by atoms with van der Waals surface area (Å²) in [4.78, 5) is 14.1. The number of benzene rings is 1. The van der Waals surface area contributed by atoms with Crippen LogP contribution in [0.3, 0.4) is 0 Å². The van der Waals surface area contributed by atoms with Crippen molar-refractivity contribution in [3.63, 3.8) is 0 Å². The van der Waals surface area contributed by atoms with Crippen LogP contribution in [0.5, 0.6) is 0 Å². The summed E-state index contributed by atoms with van der Waals surface area (Å²) < 4.78 is 2.69. The normalized spacial score (nSPS) is 11.4. The lowest BCUT2D eigenvalue weighted by Gasteiger charge is -2.20. The molecule has 0 fully saturated rings. The van der Waals surface area contributed by atoms with Crippen molar-refractivity contribution < 1.29 is 4.79 Å². The first kappa shape index (κ1) is 14.5. The maximum Gasteiger partial charge on any atom is 0.221 e. The number of carbonyl (C=O) groups is 1. The number of amides is 1. The summed E-state index contributed by atoms with van der Waals surface area (Å²) in [5, 5.41) is 2.75. The zero-order valence-corrected chi connectivity index (χ0v) is 13.0. The average Bonchev–Trinajstić information content (AvgIpc) is 2.71. The van der Waals surface area contributed by atoms with Gasteiger partial charge in [-0.25, -0.2) is 0 Å². The Bertz CT molecular complexity index is 674. The van der Waals surface area contributed by atoms with E-state index in [1.807, 2.05) is 35.0 Å². The van der Waals surface area contributed by atoms with Gasteiger partial charge in [0, 0.05) is 35.6 Å². The number of rotatable bonds is 2. The summed E-state index contributed by atoms with van der Waals surface area (Å²) in [7, 11) is 0. The fourth-order valence-corrected chi connectivity index (χ4v) is 2.34. The molecule has 106 valence electrons. The smallest absolute Gasteiger partial charge is 0.221 e. The van der Waals surface area contributed by atoms with E-state index in [9.17, 15) is 4.79 Å². The molecule has 0 bridgehead atoms. The molecule has 5 heteroatoms. The molecule has 0 radical (unpaired) electrons. The van der Waals surface area contributed by atoms with Crippen molar-refractivity contribution in [1.29, 1.82) is 0 Å². The number of carbonyl (C=O) groups excluding carboxylic acids is 1. The number of aromatic nitrogens is 2. The quantitative estimate of drug-likeness (QED) is 0.826. The summed E-state index contributed by atoms with van der Waals surface area (Å²) in [6.45, 7) is 7.93. The molecule has 4 nitrogen and oxygen atoms in total. The SMILES string of the molecule is CC(=O)Nc1ccc(-n2c(C(C)(C)C)c[nH]c2=S)cc1. The molecule has 0 unspecified atom stereocenters. The zero-order chi connectivity index (χ0) is 14.9. The first-order valence-electron chi connectivity index (χ1n) is 6.48. The first-order valence-corrected chi connectivity index (χ1v) is 6.89. The molecule has 0 aliphatic carbocycles. The van der Waals surface area contributed by atoms with Gasteiger partial charge in [0.05, 0.1) is 0 Å². The lowest BCUT2D eigenvalue weighted by atomic mass is 9.92. The van der Waals surface area contributed by atoms with E-state index in [4.69, 9.17) is 12.2 Å². The molecule has 0 saturated carbocycles. The second-order valence-corrected chi connectivity index (χ2v) is 6.18. The van der Waals surface area contributed by atoms with E-state index in [0.717, 1.165) is 17.1 Å². The minimum atomic E-state index is -0.0774. The number of hydrogen-bond acceptors (Lipinski definition) is 2. The van der Waals surface area contributed by atoms with Crippen LogP contribution in [0, 0.1) is 4.77 Å². The molecule has 2 rings (SSSR count). The summed E-state index contributed by atoms with van der Waals surface area (Å²) >= 11 is 5.36. The molecule has 0 aliphatic heterocycles. The molecule has 0 atom stereocenters. The summed E-state index contributed by atoms with van der Waals surface area (Å²) in [5.41, 5.74) is 2.87. The standard InChI is InChI=1S/C15H19N3OS/c1-10(19)17-11-5-7-12(8-6-11)18-13(15(2,3)4)9-16-14(18)20/h5-9H,1-4H3,(H,16,20)(H,17,19). The maximum atomic E-state index is 11.0. The van der Waals surface area contributed by atoms with Crippen LogP contribution in [0.1, 0.15) is 33.4 Å². The Kier molecular flexibility index (Phi) is 3.81. The van der Waals surface area contributed by atoms with Gasteiger partial charge in [-0.3, -0.25) is 9.36 Å². The fraction of sp³-hybridized carbons (Fsp3) is 0.333. The minimum Gasteiger partial charge on any atom is -0.337 e. The van der Waals surface area contributed by atoms with Crippen molar-refractivity contribution in [2.75, 3.05) is 5.32 Å². The van der Waals surface area contributed by atoms with E-state index in [-0.39, 0.29) is 11.3 Å². The van der Waals surface area contributed by atoms with Crippen molar-refractivity contribution in [2.45, 2.75) is 33.1 Å². The molecular weight excluding hydrogens is 270 g/mol. The van der Waals surface area contributed by atoms with Crippen molar-refractivity contribution in [3.05, 3.63) is 40.9 Å². The van der Waals surface area contributed by atoms with Gasteiger partial charge in [0.15, 0.2) is 4.77 Å². The highest BCUT2D eigenvalue weighted by Crippen LogP contribution is 2.26. The minimum absolute atomic E-state index is 0.0101. The molecule has 0 saturated heterocycles. The molecule has 1 aromatic carbocycles. The Morgan fingerprint density at radius 2 is 1.85 bits per heavy atom. The van der Waals surface area contributed by atoms with Crippen LogP contribution in [0.4, 0.5) is 5.69 Å². The Labute approximate surface area is 123 Å². The van der Waals surface area contributed by atoms with Crippen molar-refractivity contribution in [2.24, 2.45) is 0 Å². The van der Waals surface area contributed by atoms with Crippen molar-refractivity contribution in [1.82, 2.24) is 9.55 Å². The van der Waals surface area contributed by atoms with E-state index in [0.29, 0.717) is 4.77 Å². The van der Waals surface area contributed by atoms with Crippen LogP contribution in [0.2, 0.25) is 0 Å². The lowest BCUT2D eigenvalue weighted by molar-refractivity contribution is -0.114. The molecule has 20 heavy (non-hydrogen) atoms.